The fourth-order valence-corrected chi connectivity index (χ4v) is 5.32. The van der Waals surface area contributed by atoms with E-state index >= 15 is 0 Å². The number of sulfonamides is 1. The molecule has 126 valence electrons. The zero-order chi connectivity index (χ0) is 16.3. The first-order chi connectivity index (χ1) is 11.6. The standard InChI is InChI=1S/C15H18N6O2S/c22-24(23,11-3-4-11)20-10-2-1-9(7-10)15-19-18-13-8-17-14-12(21(13)15)5-6-16-14/h5-6,8-11,16,20H,1-4,7H2/t9-,10-/m0/s1. The molecule has 0 spiro atoms. The van der Waals surface area contributed by atoms with Crippen molar-refractivity contribution in [2.24, 2.45) is 0 Å². The second kappa shape index (κ2) is 5.00. The zero-order valence-corrected chi connectivity index (χ0v) is 13.8. The lowest BCUT2D eigenvalue weighted by atomic mass is 10.1. The average molecular weight is 346 g/mol. The molecule has 3 aromatic rings. The fraction of sp³-hybridized carbons (Fsp3) is 0.533. The molecule has 5 rings (SSSR count). The van der Waals surface area contributed by atoms with Crippen LogP contribution < -0.4 is 4.72 Å². The summed E-state index contributed by atoms with van der Waals surface area (Å²) < 4.78 is 29.2. The van der Waals surface area contributed by atoms with E-state index in [0.29, 0.717) is 0 Å². The van der Waals surface area contributed by atoms with Gasteiger partial charge in [0, 0.05) is 18.2 Å². The number of H-pyrrole nitrogens is 1. The van der Waals surface area contributed by atoms with Gasteiger partial charge >= 0.3 is 0 Å². The molecule has 3 heterocycles. The Kier molecular flexibility index (Phi) is 2.99. The van der Waals surface area contributed by atoms with E-state index in [9.17, 15) is 8.42 Å². The number of fused-ring (bicyclic) bond motifs is 3. The maximum atomic E-state index is 12.1. The number of nitrogens with one attached hydrogen (secondary N) is 2. The summed E-state index contributed by atoms with van der Waals surface area (Å²) in [6, 6.07) is 1.96. The predicted molar refractivity (Wildman–Crippen MR) is 88.1 cm³/mol. The quantitative estimate of drug-likeness (QED) is 0.741. The van der Waals surface area contributed by atoms with Gasteiger partial charge in [-0.05, 0) is 38.2 Å². The highest BCUT2D eigenvalue weighted by Gasteiger charge is 2.39. The number of hydrogen-bond donors (Lipinski definition) is 2. The SMILES string of the molecule is O=S(=O)(N[C@H]1CC[C@H](c2nnc3cnc4[nH]ccc4n23)C1)C1CC1. The van der Waals surface area contributed by atoms with Gasteiger partial charge in [-0.2, -0.15) is 0 Å². The van der Waals surface area contributed by atoms with Crippen LogP contribution in [-0.2, 0) is 10.0 Å². The summed E-state index contributed by atoms with van der Waals surface area (Å²) in [5.41, 5.74) is 2.47. The smallest absolute Gasteiger partial charge is 0.214 e. The van der Waals surface area contributed by atoms with Crippen LogP contribution in [0.3, 0.4) is 0 Å². The highest BCUT2D eigenvalue weighted by Crippen LogP contribution is 2.36. The minimum absolute atomic E-state index is 0.00324. The van der Waals surface area contributed by atoms with Crippen molar-refractivity contribution in [3.63, 3.8) is 0 Å². The Balaban J connectivity index is 1.45. The monoisotopic (exact) mass is 346 g/mol. The lowest BCUT2D eigenvalue weighted by molar-refractivity contribution is 0.545. The molecular weight excluding hydrogens is 328 g/mol. The summed E-state index contributed by atoms with van der Waals surface area (Å²) in [7, 11) is -3.14. The first-order valence-electron chi connectivity index (χ1n) is 8.30. The normalized spacial score (nSPS) is 25.0. The molecule has 0 bridgehead atoms. The minimum Gasteiger partial charge on any atom is -0.345 e. The molecule has 0 radical (unpaired) electrons. The third-order valence-electron chi connectivity index (χ3n) is 5.06. The number of hydrogen-bond acceptors (Lipinski definition) is 5. The first-order valence-corrected chi connectivity index (χ1v) is 9.85. The fourth-order valence-electron chi connectivity index (χ4n) is 3.69. The molecule has 8 nitrogen and oxygen atoms in total. The van der Waals surface area contributed by atoms with E-state index in [0.717, 1.165) is 54.7 Å². The lowest BCUT2D eigenvalue weighted by Gasteiger charge is -2.13. The van der Waals surface area contributed by atoms with Crippen LogP contribution in [0.1, 0.15) is 43.8 Å². The van der Waals surface area contributed by atoms with Gasteiger partial charge in [0.1, 0.15) is 5.82 Å². The van der Waals surface area contributed by atoms with Crippen molar-refractivity contribution in [2.75, 3.05) is 0 Å². The molecule has 0 aromatic carbocycles. The molecule has 0 saturated heterocycles. The Morgan fingerprint density at radius 2 is 2.08 bits per heavy atom. The molecule has 0 amide bonds. The average Bonchev–Trinajstić information content (AvgIpc) is 2.96. The number of nitrogens with zero attached hydrogens (tertiary/aromatic N) is 4. The third-order valence-corrected chi connectivity index (χ3v) is 7.07. The molecule has 24 heavy (non-hydrogen) atoms. The molecule has 2 atom stereocenters. The molecule has 2 N–H and O–H groups in total. The van der Waals surface area contributed by atoms with Gasteiger partial charge in [-0.15, -0.1) is 10.2 Å². The topological polar surface area (TPSA) is 105 Å². The van der Waals surface area contributed by atoms with Crippen LogP contribution in [0.15, 0.2) is 18.5 Å². The van der Waals surface area contributed by atoms with Crippen LogP contribution in [-0.4, -0.2) is 44.3 Å². The molecule has 2 fully saturated rings. The molecule has 0 aliphatic heterocycles. The Morgan fingerprint density at radius 1 is 1.21 bits per heavy atom. The van der Waals surface area contributed by atoms with Crippen molar-refractivity contribution in [1.82, 2.24) is 29.3 Å². The summed E-state index contributed by atoms with van der Waals surface area (Å²) >= 11 is 0. The van der Waals surface area contributed by atoms with Crippen LogP contribution in [0.2, 0.25) is 0 Å². The van der Waals surface area contributed by atoms with Crippen LogP contribution in [0.5, 0.6) is 0 Å². The second-order valence-corrected chi connectivity index (χ2v) is 8.78. The highest BCUT2D eigenvalue weighted by atomic mass is 32.2. The highest BCUT2D eigenvalue weighted by molar-refractivity contribution is 7.90. The van der Waals surface area contributed by atoms with Crippen molar-refractivity contribution in [2.45, 2.75) is 49.3 Å². The maximum absolute atomic E-state index is 12.1. The van der Waals surface area contributed by atoms with Gasteiger partial charge in [0.05, 0.1) is 17.0 Å². The molecule has 0 unspecified atom stereocenters. The molecule has 2 saturated carbocycles. The second-order valence-electron chi connectivity index (χ2n) is 6.79. The first kappa shape index (κ1) is 14.4. The largest absolute Gasteiger partial charge is 0.345 e. The Hall–Kier alpha value is -2.00. The van der Waals surface area contributed by atoms with E-state index in [1.54, 1.807) is 6.20 Å². The van der Waals surface area contributed by atoms with Crippen LogP contribution >= 0.6 is 0 Å². The van der Waals surface area contributed by atoms with Crippen LogP contribution in [0.4, 0.5) is 0 Å². The zero-order valence-electron chi connectivity index (χ0n) is 13.0. The number of rotatable bonds is 4. The van der Waals surface area contributed by atoms with Crippen molar-refractivity contribution >= 4 is 26.8 Å². The molecule has 2 aliphatic rings. The van der Waals surface area contributed by atoms with E-state index in [4.69, 9.17) is 0 Å². The Labute approximate surface area is 138 Å². The Bertz CT molecular complexity index is 1020. The molecule has 3 aromatic heterocycles. The van der Waals surface area contributed by atoms with Gasteiger partial charge in [0.25, 0.3) is 0 Å². The van der Waals surface area contributed by atoms with Gasteiger partial charge in [0.15, 0.2) is 11.3 Å². The maximum Gasteiger partial charge on any atom is 0.214 e. The summed E-state index contributed by atoms with van der Waals surface area (Å²) in [4.78, 5) is 7.43. The summed E-state index contributed by atoms with van der Waals surface area (Å²) in [6.45, 7) is 0. The van der Waals surface area contributed by atoms with Crippen molar-refractivity contribution < 1.29 is 8.42 Å². The van der Waals surface area contributed by atoms with Crippen molar-refractivity contribution in [1.29, 1.82) is 0 Å². The Morgan fingerprint density at radius 3 is 2.92 bits per heavy atom. The van der Waals surface area contributed by atoms with Gasteiger partial charge < -0.3 is 4.98 Å². The van der Waals surface area contributed by atoms with Crippen LogP contribution in [0, 0.1) is 0 Å². The predicted octanol–water partition coefficient (Wildman–Crippen LogP) is 1.32. The third kappa shape index (κ3) is 2.22. The lowest BCUT2D eigenvalue weighted by Crippen LogP contribution is -2.35. The molecule has 2 aliphatic carbocycles. The number of aromatic amines is 1. The summed E-state index contributed by atoms with van der Waals surface area (Å²) in [5, 5.41) is 8.43. The molecule has 9 heteroatoms. The summed E-state index contributed by atoms with van der Waals surface area (Å²) in [5.74, 6) is 1.09. The van der Waals surface area contributed by atoms with E-state index in [1.807, 2.05) is 16.7 Å². The van der Waals surface area contributed by atoms with E-state index in [2.05, 4.69) is 24.9 Å². The van der Waals surface area contributed by atoms with E-state index in [1.165, 1.54) is 0 Å². The van der Waals surface area contributed by atoms with Crippen molar-refractivity contribution in [3.05, 3.63) is 24.3 Å². The molecular formula is C15H18N6O2S. The number of aromatic nitrogens is 5. The van der Waals surface area contributed by atoms with Gasteiger partial charge in [0.2, 0.25) is 10.0 Å². The van der Waals surface area contributed by atoms with Gasteiger partial charge in [-0.3, -0.25) is 4.40 Å². The van der Waals surface area contributed by atoms with E-state index < -0.39 is 10.0 Å². The van der Waals surface area contributed by atoms with Gasteiger partial charge in [-0.1, -0.05) is 0 Å². The van der Waals surface area contributed by atoms with E-state index in [-0.39, 0.29) is 17.2 Å². The minimum atomic E-state index is -3.14. The summed E-state index contributed by atoms with van der Waals surface area (Å²) in [6.07, 6.45) is 7.65. The van der Waals surface area contributed by atoms with Crippen molar-refractivity contribution in [3.8, 4) is 0 Å². The van der Waals surface area contributed by atoms with Crippen LogP contribution in [0.25, 0.3) is 16.8 Å². The van der Waals surface area contributed by atoms with Gasteiger partial charge in [-0.25, -0.2) is 18.1 Å².